The van der Waals surface area contributed by atoms with Crippen molar-refractivity contribution in [3.8, 4) is 17.0 Å². The molecular weight excluding hydrogens is 442 g/mol. The van der Waals surface area contributed by atoms with Crippen molar-refractivity contribution in [2.45, 2.75) is 65.0 Å². The van der Waals surface area contributed by atoms with Crippen molar-refractivity contribution in [3.05, 3.63) is 36.1 Å². The molecule has 4 saturated carbocycles. The van der Waals surface area contributed by atoms with Gasteiger partial charge in [0.05, 0.1) is 13.7 Å². The van der Waals surface area contributed by atoms with Crippen LogP contribution in [-0.2, 0) is 16.1 Å². The Morgan fingerprint density at radius 1 is 1.11 bits per heavy atom. The summed E-state index contributed by atoms with van der Waals surface area (Å²) in [7, 11) is 3.39. The predicted molar refractivity (Wildman–Crippen MR) is 132 cm³/mol. The monoisotopic (exact) mass is 479 g/mol. The molecule has 4 aliphatic rings. The number of ether oxygens (including phenoxy) is 1. The molecule has 1 N–H and O–H groups in total. The summed E-state index contributed by atoms with van der Waals surface area (Å²) >= 11 is 0. The molecule has 4 bridgehead atoms. The quantitative estimate of drug-likeness (QED) is 0.595. The lowest BCUT2D eigenvalue weighted by Crippen LogP contribution is -2.58. The van der Waals surface area contributed by atoms with Gasteiger partial charge in [0.15, 0.2) is 5.76 Å². The second-order valence-corrected chi connectivity index (χ2v) is 11.5. The van der Waals surface area contributed by atoms with Crippen LogP contribution in [-0.4, -0.2) is 42.1 Å². The van der Waals surface area contributed by atoms with Crippen molar-refractivity contribution < 1.29 is 18.8 Å². The summed E-state index contributed by atoms with van der Waals surface area (Å²) < 4.78 is 10.7. The smallest absolute Gasteiger partial charge is 0.245 e. The highest BCUT2D eigenvalue weighted by atomic mass is 16.5. The highest BCUT2D eigenvalue weighted by Gasteiger charge is 2.55. The zero-order valence-electron chi connectivity index (χ0n) is 21.3. The number of amides is 2. The first-order chi connectivity index (χ1) is 16.8. The molecule has 0 unspecified atom stereocenters. The number of likely N-dealkylation sites (N-methyl/N-ethyl adjacent to an activating group) is 1. The first-order valence-electron chi connectivity index (χ1n) is 12.9. The number of aromatic nitrogens is 1. The van der Waals surface area contributed by atoms with Gasteiger partial charge in [-0.1, -0.05) is 19.0 Å². The normalized spacial score (nSPS) is 27.6. The second-order valence-electron chi connectivity index (χ2n) is 11.5. The van der Waals surface area contributed by atoms with Gasteiger partial charge in [0.25, 0.3) is 0 Å². The predicted octanol–water partition coefficient (Wildman–Crippen LogP) is 4.67. The van der Waals surface area contributed by atoms with E-state index in [0.717, 1.165) is 30.6 Å². The summed E-state index contributed by atoms with van der Waals surface area (Å²) in [6.07, 6.45) is 6.84. The zero-order chi connectivity index (χ0) is 24.7. The lowest BCUT2D eigenvalue weighted by Gasteiger charge is -2.56. The van der Waals surface area contributed by atoms with Gasteiger partial charge < -0.3 is 19.5 Å². The van der Waals surface area contributed by atoms with Crippen LogP contribution in [0, 0.1) is 29.1 Å². The van der Waals surface area contributed by atoms with Gasteiger partial charge >= 0.3 is 0 Å². The minimum atomic E-state index is -0.551. The van der Waals surface area contributed by atoms with Crippen LogP contribution in [0.5, 0.6) is 5.75 Å². The van der Waals surface area contributed by atoms with E-state index in [1.807, 2.05) is 44.2 Å². The van der Waals surface area contributed by atoms with E-state index >= 15 is 0 Å². The Kier molecular flexibility index (Phi) is 6.36. The van der Waals surface area contributed by atoms with E-state index in [4.69, 9.17) is 9.26 Å². The largest absolute Gasteiger partial charge is 0.497 e. The molecule has 188 valence electrons. The number of rotatable bonds is 8. The molecule has 0 radical (unpaired) electrons. The molecule has 1 aromatic carbocycles. The molecule has 7 heteroatoms. The number of nitrogens with zero attached hydrogens (tertiary/aromatic N) is 2. The van der Waals surface area contributed by atoms with Crippen LogP contribution in [0.3, 0.4) is 0 Å². The van der Waals surface area contributed by atoms with Crippen LogP contribution in [0.25, 0.3) is 11.3 Å². The third-order valence-corrected chi connectivity index (χ3v) is 8.45. The highest BCUT2D eigenvalue weighted by molar-refractivity contribution is 5.90. The molecule has 7 nitrogen and oxygen atoms in total. The summed E-state index contributed by atoms with van der Waals surface area (Å²) in [6.45, 7) is 4.28. The van der Waals surface area contributed by atoms with Crippen LogP contribution in [0.15, 0.2) is 34.9 Å². The first-order valence-corrected chi connectivity index (χ1v) is 12.9. The molecule has 1 heterocycles. The molecular formula is C28H37N3O4. The van der Waals surface area contributed by atoms with Crippen LogP contribution in [0.2, 0.25) is 0 Å². The molecule has 0 aliphatic heterocycles. The SMILES string of the molecule is COc1ccc(-c2cc(CN(C)C(=O)[C@H](NC(=O)C34CC5CC(CC(C5)C3)C4)C(C)C)on2)cc1. The Labute approximate surface area is 207 Å². The molecule has 4 aliphatic carbocycles. The van der Waals surface area contributed by atoms with Gasteiger partial charge in [-0.25, -0.2) is 0 Å². The number of hydrogen-bond donors (Lipinski definition) is 1. The van der Waals surface area contributed by atoms with Crippen LogP contribution < -0.4 is 10.1 Å². The fourth-order valence-electron chi connectivity index (χ4n) is 7.03. The Balaban J connectivity index is 1.24. The summed E-state index contributed by atoms with van der Waals surface area (Å²) in [6, 6.07) is 8.89. The van der Waals surface area contributed by atoms with E-state index in [9.17, 15) is 9.59 Å². The maximum Gasteiger partial charge on any atom is 0.245 e. The van der Waals surface area contributed by atoms with Gasteiger partial charge in [-0.2, -0.15) is 0 Å². The molecule has 0 saturated heterocycles. The van der Waals surface area contributed by atoms with Gasteiger partial charge in [0.1, 0.15) is 17.5 Å². The average molecular weight is 480 g/mol. The molecule has 1 atom stereocenters. The number of carbonyl (C=O) groups is 2. The lowest BCUT2D eigenvalue weighted by molar-refractivity contribution is -0.150. The number of carbonyl (C=O) groups excluding carboxylic acids is 2. The maximum absolute atomic E-state index is 13.6. The topological polar surface area (TPSA) is 84.7 Å². The maximum atomic E-state index is 13.6. The minimum Gasteiger partial charge on any atom is -0.497 e. The standard InChI is InChI=1S/C28H37N3O4/c1-17(2)25(29-27(33)28-13-18-9-19(14-28)11-20(10-18)15-28)26(32)31(3)16-23-12-24(30-35-23)21-5-7-22(34-4)8-6-21/h5-8,12,17-20,25H,9-11,13-16H2,1-4H3,(H,29,33)/t18?,19?,20?,25-,28?/m1/s1. The zero-order valence-corrected chi connectivity index (χ0v) is 21.3. The fourth-order valence-corrected chi connectivity index (χ4v) is 7.03. The summed E-state index contributed by atoms with van der Waals surface area (Å²) in [5.41, 5.74) is 1.36. The molecule has 6 rings (SSSR count). The van der Waals surface area contributed by atoms with E-state index in [1.165, 1.54) is 19.3 Å². The summed E-state index contributed by atoms with van der Waals surface area (Å²) in [4.78, 5) is 28.6. The van der Waals surface area contributed by atoms with Gasteiger partial charge in [-0.3, -0.25) is 9.59 Å². The summed E-state index contributed by atoms with van der Waals surface area (Å²) in [5.74, 6) is 3.43. The number of benzene rings is 1. The Bertz CT molecular complexity index is 1040. The van der Waals surface area contributed by atoms with Gasteiger partial charge in [0.2, 0.25) is 11.8 Å². The Morgan fingerprint density at radius 3 is 2.26 bits per heavy atom. The van der Waals surface area contributed by atoms with E-state index in [-0.39, 0.29) is 23.1 Å². The van der Waals surface area contributed by atoms with Crippen LogP contribution in [0.1, 0.15) is 58.1 Å². The molecule has 35 heavy (non-hydrogen) atoms. The number of methoxy groups -OCH3 is 1. The van der Waals surface area contributed by atoms with Crippen LogP contribution >= 0.6 is 0 Å². The highest BCUT2D eigenvalue weighted by Crippen LogP contribution is 2.60. The molecule has 1 aromatic heterocycles. The second kappa shape index (κ2) is 9.32. The molecule has 0 spiro atoms. The fraction of sp³-hybridized carbons (Fsp3) is 0.607. The third-order valence-electron chi connectivity index (χ3n) is 8.45. The van der Waals surface area contributed by atoms with Gasteiger partial charge in [-0.15, -0.1) is 0 Å². The van der Waals surface area contributed by atoms with E-state index in [1.54, 1.807) is 19.1 Å². The number of nitrogens with one attached hydrogen (secondary N) is 1. The molecule has 2 amide bonds. The minimum absolute atomic E-state index is 0.00704. The lowest BCUT2D eigenvalue weighted by atomic mass is 9.49. The van der Waals surface area contributed by atoms with Crippen molar-refractivity contribution in [1.29, 1.82) is 0 Å². The van der Waals surface area contributed by atoms with Crippen molar-refractivity contribution in [2.24, 2.45) is 29.1 Å². The number of hydrogen-bond acceptors (Lipinski definition) is 5. The van der Waals surface area contributed by atoms with Crippen molar-refractivity contribution in [3.63, 3.8) is 0 Å². The third kappa shape index (κ3) is 4.69. The molecule has 4 fully saturated rings. The molecule has 2 aromatic rings. The van der Waals surface area contributed by atoms with Gasteiger partial charge in [0, 0.05) is 24.1 Å². The van der Waals surface area contributed by atoms with Crippen molar-refractivity contribution in [1.82, 2.24) is 15.4 Å². The van der Waals surface area contributed by atoms with Gasteiger partial charge in [-0.05, 0) is 86.5 Å². The van der Waals surface area contributed by atoms with Crippen molar-refractivity contribution >= 4 is 11.8 Å². The first kappa shape index (κ1) is 23.9. The van der Waals surface area contributed by atoms with Crippen molar-refractivity contribution in [2.75, 3.05) is 14.2 Å². The summed E-state index contributed by atoms with van der Waals surface area (Å²) in [5, 5.41) is 7.36. The van der Waals surface area contributed by atoms with E-state index in [2.05, 4.69) is 10.5 Å². The van der Waals surface area contributed by atoms with E-state index in [0.29, 0.717) is 35.8 Å². The Hall–Kier alpha value is -2.83. The average Bonchev–Trinajstić information content (AvgIpc) is 3.29. The Morgan fingerprint density at radius 2 is 1.71 bits per heavy atom. The van der Waals surface area contributed by atoms with E-state index < -0.39 is 6.04 Å². The van der Waals surface area contributed by atoms with Crippen LogP contribution in [0.4, 0.5) is 0 Å².